The number of hydrogen-bond donors (Lipinski definition) is 1. The molecule has 0 aliphatic carbocycles. The summed E-state index contributed by atoms with van der Waals surface area (Å²) in [6.45, 7) is 3.19. The number of carbonyl (C=O) groups is 1. The van der Waals surface area contributed by atoms with E-state index in [1.54, 1.807) is 32.0 Å². The van der Waals surface area contributed by atoms with Gasteiger partial charge in [0.2, 0.25) is 5.91 Å². The van der Waals surface area contributed by atoms with Gasteiger partial charge in [-0.2, -0.15) is 0 Å². The zero-order valence-electron chi connectivity index (χ0n) is 9.06. The van der Waals surface area contributed by atoms with Crippen molar-refractivity contribution in [1.29, 1.82) is 0 Å². The van der Waals surface area contributed by atoms with Crippen LogP contribution in [-0.2, 0) is 4.79 Å². The van der Waals surface area contributed by atoms with Gasteiger partial charge in [0.15, 0.2) is 0 Å². The zero-order chi connectivity index (χ0) is 12.3. The summed E-state index contributed by atoms with van der Waals surface area (Å²) in [7, 11) is 0. The van der Waals surface area contributed by atoms with Crippen LogP contribution in [0.4, 0.5) is 5.69 Å². The maximum atomic E-state index is 11.0. The lowest BCUT2D eigenvalue weighted by molar-refractivity contribution is -0.385. The first-order valence-electron chi connectivity index (χ1n) is 4.66. The van der Waals surface area contributed by atoms with E-state index in [1.807, 2.05) is 0 Å². The fourth-order valence-corrected chi connectivity index (χ4v) is 1.34. The molecule has 0 spiro atoms. The molecule has 0 unspecified atom stereocenters. The number of allylic oxidation sites excluding steroid dienone is 1. The van der Waals surface area contributed by atoms with Gasteiger partial charge in [-0.1, -0.05) is 12.1 Å². The molecule has 0 aromatic heterocycles. The largest absolute Gasteiger partial charge is 0.366 e. The molecule has 2 N–H and O–H groups in total. The Morgan fingerprint density at radius 3 is 2.38 bits per heavy atom. The van der Waals surface area contributed by atoms with Crippen molar-refractivity contribution in [3.63, 3.8) is 0 Å². The summed E-state index contributed by atoms with van der Waals surface area (Å²) in [5.41, 5.74) is 6.38. The fourth-order valence-electron chi connectivity index (χ4n) is 1.34. The van der Waals surface area contributed by atoms with Crippen molar-refractivity contribution in [2.45, 2.75) is 13.8 Å². The van der Waals surface area contributed by atoms with Crippen molar-refractivity contribution in [1.82, 2.24) is 0 Å². The van der Waals surface area contributed by atoms with Gasteiger partial charge in [0.25, 0.3) is 5.69 Å². The van der Waals surface area contributed by atoms with Crippen molar-refractivity contribution < 1.29 is 9.72 Å². The minimum atomic E-state index is -0.573. The summed E-state index contributed by atoms with van der Waals surface area (Å²) in [5.74, 6) is -0.573. The van der Waals surface area contributed by atoms with E-state index in [0.29, 0.717) is 16.7 Å². The van der Waals surface area contributed by atoms with Crippen molar-refractivity contribution >= 4 is 17.2 Å². The molecule has 0 aliphatic heterocycles. The number of nitrogens with zero attached hydrogens (tertiary/aromatic N) is 1. The summed E-state index contributed by atoms with van der Waals surface area (Å²) >= 11 is 0. The van der Waals surface area contributed by atoms with Gasteiger partial charge in [0.05, 0.1) is 10.5 Å². The van der Waals surface area contributed by atoms with Gasteiger partial charge in [-0.3, -0.25) is 14.9 Å². The van der Waals surface area contributed by atoms with E-state index in [4.69, 9.17) is 5.73 Å². The van der Waals surface area contributed by atoms with E-state index in [2.05, 4.69) is 0 Å². The van der Waals surface area contributed by atoms with Crippen LogP contribution in [0.3, 0.4) is 0 Å². The Hall–Kier alpha value is -2.17. The monoisotopic (exact) mass is 220 g/mol. The van der Waals surface area contributed by atoms with Crippen LogP contribution < -0.4 is 5.73 Å². The van der Waals surface area contributed by atoms with E-state index < -0.39 is 10.8 Å². The highest BCUT2D eigenvalue weighted by atomic mass is 16.6. The molecule has 0 saturated carbocycles. The minimum absolute atomic E-state index is 0.0272. The van der Waals surface area contributed by atoms with Gasteiger partial charge in [-0.15, -0.1) is 0 Å². The normalized spacial score (nSPS) is 11.9. The maximum Gasteiger partial charge on any atom is 0.276 e. The summed E-state index contributed by atoms with van der Waals surface area (Å²) in [4.78, 5) is 21.3. The number of para-hydroxylation sites is 1. The Morgan fingerprint density at radius 1 is 1.31 bits per heavy atom. The first-order valence-corrected chi connectivity index (χ1v) is 4.66. The highest BCUT2D eigenvalue weighted by molar-refractivity contribution is 6.00. The van der Waals surface area contributed by atoms with Crippen LogP contribution in [-0.4, -0.2) is 10.8 Å². The van der Waals surface area contributed by atoms with E-state index in [1.165, 1.54) is 6.07 Å². The van der Waals surface area contributed by atoms with Crippen molar-refractivity contribution in [2.24, 2.45) is 5.73 Å². The highest BCUT2D eigenvalue weighted by Crippen LogP contribution is 2.27. The third-order valence-electron chi connectivity index (χ3n) is 2.44. The van der Waals surface area contributed by atoms with Crippen LogP contribution in [0.1, 0.15) is 19.4 Å². The number of carbonyl (C=O) groups excluding carboxylic acids is 1. The lowest BCUT2D eigenvalue weighted by atomic mass is 10.0. The number of rotatable bonds is 3. The Morgan fingerprint density at radius 2 is 1.88 bits per heavy atom. The number of hydrogen-bond acceptors (Lipinski definition) is 3. The molecule has 0 aliphatic rings. The van der Waals surface area contributed by atoms with E-state index >= 15 is 0 Å². The minimum Gasteiger partial charge on any atom is -0.366 e. The molecule has 5 nitrogen and oxygen atoms in total. The van der Waals surface area contributed by atoms with Crippen molar-refractivity contribution in [3.05, 3.63) is 45.5 Å². The second-order valence-corrected chi connectivity index (χ2v) is 3.39. The average Bonchev–Trinajstić information content (AvgIpc) is 2.26. The number of nitrogens with two attached hydrogens (primary N) is 1. The summed E-state index contributed by atoms with van der Waals surface area (Å²) in [5, 5.41) is 10.8. The fraction of sp³-hybridized carbons (Fsp3) is 0.182. The van der Waals surface area contributed by atoms with Crippen LogP contribution >= 0.6 is 0 Å². The molecular formula is C11H12N2O3. The molecule has 16 heavy (non-hydrogen) atoms. The molecule has 0 saturated heterocycles. The second kappa shape index (κ2) is 4.57. The Kier molecular flexibility index (Phi) is 3.40. The molecule has 1 rings (SSSR count). The number of benzene rings is 1. The van der Waals surface area contributed by atoms with Crippen LogP contribution in [0.25, 0.3) is 5.57 Å². The molecule has 1 aromatic carbocycles. The lowest BCUT2D eigenvalue weighted by Gasteiger charge is -2.05. The molecular weight excluding hydrogens is 208 g/mol. The molecule has 5 heteroatoms. The topological polar surface area (TPSA) is 86.2 Å². The predicted molar refractivity (Wildman–Crippen MR) is 60.6 cm³/mol. The summed E-state index contributed by atoms with van der Waals surface area (Å²) in [6.07, 6.45) is 0. The van der Waals surface area contributed by atoms with Gasteiger partial charge >= 0.3 is 0 Å². The van der Waals surface area contributed by atoms with Crippen LogP contribution in [0, 0.1) is 10.1 Å². The van der Waals surface area contributed by atoms with E-state index in [9.17, 15) is 14.9 Å². The Bertz CT molecular complexity index is 478. The first-order chi connectivity index (χ1) is 7.45. The number of nitro benzene ring substituents is 1. The van der Waals surface area contributed by atoms with Gasteiger partial charge < -0.3 is 5.73 Å². The third kappa shape index (κ3) is 2.25. The third-order valence-corrected chi connectivity index (χ3v) is 2.44. The highest BCUT2D eigenvalue weighted by Gasteiger charge is 2.16. The summed E-state index contributed by atoms with van der Waals surface area (Å²) < 4.78 is 0. The molecule has 0 radical (unpaired) electrons. The van der Waals surface area contributed by atoms with Crippen LogP contribution in [0.5, 0.6) is 0 Å². The van der Waals surface area contributed by atoms with Gasteiger partial charge in [-0.05, 0) is 25.5 Å². The SMILES string of the molecule is CC(C(N)=O)=C(C)c1ccccc1[N+](=O)[O-]. The molecule has 0 heterocycles. The molecule has 0 atom stereocenters. The summed E-state index contributed by atoms with van der Waals surface area (Å²) in [6, 6.07) is 6.25. The molecule has 0 bridgehead atoms. The molecule has 0 fully saturated rings. The van der Waals surface area contributed by atoms with Crippen LogP contribution in [0.2, 0.25) is 0 Å². The Balaban J connectivity index is 3.39. The van der Waals surface area contributed by atoms with E-state index in [0.717, 1.165) is 0 Å². The average molecular weight is 220 g/mol. The lowest BCUT2D eigenvalue weighted by Crippen LogP contribution is -2.13. The maximum absolute atomic E-state index is 11.0. The standard InChI is InChI=1S/C11H12N2O3/c1-7(8(2)11(12)14)9-5-3-4-6-10(9)13(15)16/h3-6H,1-2H3,(H2,12,14). The molecule has 84 valence electrons. The van der Waals surface area contributed by atoms with Crippen molar-refractivity contribution in [3.8, 4) is 0 Å². The Labute approximate surface area is 92.7 Å². The second-order valence-electron chi connectivity index (χ2n) is 3.39. The van der Waals surface area contributed by atoms with Gasteiger partial charge in [0, 0.05) is 11.6 Å². The van der Waals surface area contributed by atoms with Crippen molar-refractivity contribution in [2.75, 3.05) is 0 Å². The quantitative estimate of drug-likeness (QED) is 0.479. The van der Waals surface area contributed by atoms with Gasteiger partial charge in [-0.25, -0.2) is 0 Å². The number of amides is 1. The zero-order valence-corrected chi connectivity index (χ0v) is 9.06. The predicted octanol–water partition coefficient (Wildman–Crippen LogP) is 1.87. The molecule has 1 amide bonds. The van der Waals surface area contributed by atoms with E-state index in [-0.39, 0.29) is 5.69 Å². The molecule has 1 aromatic rings. The number of primary amides is 1. The number of nitro groups is 1. The smallest absolute Gasteiger partial charge is 0.276 e. The van der Waals surface area contributed by atoms with Crippen LogP contribution in [0.15, 0.2) is 29.8 Å². The first kappa shape index (κ1) is 11.9. The van der Waals surface area contributed by atoms with Gasteiger partial charge in [0.1, 0.15) is 0 Å².